The molecule has 0 heterocycles. The smallest absolute Gasteiger partial charge is 0.253 e. The van der Waals surface area contributed by atoms with Crippen LogP contribution in [0, 0.1) is 0 Å². The monoisotopic (exact) mass is 234 g/mol. The third kappa shape index (κ3) is 4.10. The SMILES string of the molecule is CCCC(C)Nc1ccc(C(=O)N(C)C)cc1. The van der Waals surface area contributed by atoms with Crippen LogP contribution in [0.2, 0.25) is 0 Å². The molecule has 0 saturated heterocycles. The van der Waals surface area contributed by atoms with Gasteiger partial charge in [-0.1, -0.05) is 13.3 Å². The summed E-state index contributed by atoms with van der Waals surface area (Å²) in [5, 5.41) is 3.41. The Morgan fingerprint density at radius 3 is 2.35 bits per heavy atom. The fraction of sp³-hybridized carbons (Fsp3) is 0.500. The molecule has 1 N–H and O–H groups in total. The Labute approximate surface area is 104 Å². The topological polar surface area (TPSA) is 32.3 Å². The first-order valence-corrected chi connectivity index (χ1v) is 6.12. The van der Waals surface area contributed by atoms with Gasteiger partial charge in [-0.3, -0.25) is 4.79 Å². The van der Waals surface area contributed by atoms with Crippen LogP contribution in [-0.2, 0) is 0 Å². The van der Waals surface area contributed by atoms with Crippen LogP contribution < -0.4 is 5.32 Å². The van der Waals surface area contributed by atoms with Crippen molar-refractivity contribution in [1.82, 2.24) is 4.90 Å². The van der Waals surface area contributed by atoms with Gasteiger partial charge in [-0.2, -0.15) is 0 Å². The van der Waals surface area contributed by atoms with Gasteiger partial charge in [0, 0.05) is 31.4 Å². The van der Waals surface area contributed by atoms with Crippen molar-refractivity contribution in [2.24, 2.45) is 0 Å². The summed E-state index contributed by atoms with van der Waals surface area (Å²) in [7, 11) is 3.52. The lowest BCUT2D eigenvalue weighted by molar-refractivity contribution is 0.0827. The van der Waals surface area contributed by atoms with Gasteiger partial charge in [-0.15, -0.1) is 0 Å². The van der Waals surface area contributed by atoms with Crippen molar-refractivity contribution in [2.45, 2.75) is 32.7 Å². The number of hydrogen-bond acceptors (Lipinski definition) is 2. The second-order valence-electron chi connectivity index (χ2n) is 4.61. The third-order valence-corrected chi connectivity index (χ3v) is 2.67. The fourth-order valence-corrected chi connectivity index (χ4v) is 1.76. The molecule has 0 bridgehead atoms. The highest BCUT2D eigenvalue weighted by molar-refractivity contribution is 5.94. The molecule has 0 fully saturated rings. The Morgan fingerprint density at radius 1 is 1.29 bits per heavy atom. The second kappa shape index (κ2) is 6.28. The van der Waals surface area contributed by atoms with Gasteiger partial charge >= 0.3 is 0 Å². The number of nitrogens with one attached hydrogen (secondary N) is 1. The zero-order chi connectivity index (χ0) is 12.8. The molecular weight excluding hydrogens is 212 g/mol. The zero-order valence-electron chi connectivity index (χ0n) is 11.2. The van der Waals surface area contributed by atoms with E-state index in [9.17, 15) is 4.79 Å². The Kier molecular flexibility index (Phi) is 5.01. The standard InChI is InChI=1S/C14H22N2O/c1-5-6-11(2)15-13-9-7-12(8-10-13)14(17)16(3)4/h7-11,15H,5-6H2,1-4H3. The molecule has 0 aliphatic rings. The highest BCUT2D eigenvalue weighted by Gasteiger charge is 2.07. The summed E-state index contributed by atoms with van der Waals surface area (Å²) in [6.07, 6.45) is 2.32. The number of nitrogens with zero attached hydrogens (tertiary/aromatic N) is 1. The van der Waals surface area contributed by atoms with Crippen LogP contribution >= 0.6 is 0 Å². The van der Waals surface area contributed by atoms with Crippen LogP contribution in [0.15, 0.2) is 24.3 Å². The molecule has 0 aliphatic heterocycles. The van der Waals surface area contributed by atoms with Crippen molar-refractivity contribution < 1.29 is 4.79 Å². The van der Waals surface area contributed by atoms with Gasteiger partial charge < -0.3 is 10.2 Å². The molecule has 3 heteroatoms. The first kappa shape index (κ1) is 13.6. The maximum Gasteiger partial charge on any atom is 0.253 e. The van der Waals surface area contributed by atoms with E-state index in [0.29, 0.717) is 6.04 Å². The number of carbonyl (C=O) groups excluding carboxylic acids is 1. The molecule has 0 spiro atoms. The lowest BCUT2D eigenvalue weighted by atomic mass is 10.1. The van der Waals surface area contributed by atoms with Crippen molar-refractivity contribution in [3.8, 4) is 0 Å². The Morgan fingerprint density at radius 2 is 1.88 bits per heavy atom. The second-order valence-corrected chi connectivity index (χ2v) is 4.61. The van der Waals surface area contributed by atoms with Gasteiger partial charge in [-0.05, 0) is 37.6 Å². The number of hydrogen-bond donors (Lipinski definition) is 1. The maximum absolute atomic E-state index is 11.7. The average Bonchev–Trinajstić information content (AvgIpc) is 2.29. The molecule has 3 nitrogen and oxygen atoms in total. The highest BCUT2D eigenvalue weighted by atomic mass is 16.2. The number of anilines is 1. The van der Waals surface area contributed by atoms with Gasteiger partial charge in [0.25, 0.3) is 5.91 Å². The maximum atomic E-state index is 11.7. The highest BCUT2D eigenvalue weighted by Crippen LogP contribution is 2.13. The van der Waals surface area contributed by atoms with Crippen molar-refractivity contribution in [3.05, 3.63) is 29.8 Å². The van der Waals surface area contributed by atoms with Crippen LogP contribution in [0.25, 0.3) is 0 Å². The van der Waals surface area contributed by atoms with Gasteiger partial charge in [0.15, 0.2) is 0 Å². The molecule has 0 aromatic heterocycles. The zero-order valence-corrected chi connectivity index (χ0v) is 11.2. The normalized spacial score (nSPS) is 12.0. The van der Waals surface area contributed by atoms with E-state index in [2.05, 4.69) is 19.2 Å². The molecule has 0 radical (unpaired) electrons. The molecule has 17 heavy (non-hydrogen) atoms. The van der Waals surface area contributed by atoms with Gasteiger partial charge in [0.2, 0.25) is 0 Å². The van der Waals surface area contributed by atoms with E-state index in [0.717, 1.165) is 17.7 Å². The lowest BCUT2D eigenvalue weighted by Gasteiger charge is -2.15. The molecule has 1 aromatic rings. The molecule has 1 amide bonds. The first-order chi connectivity index (χ1) is 8.04. The largest absolute Gasteiger partial charge is 0.383 e. The number of benzene rings is 1. The summed E-state index contributed by atoms with van der Waals surface area (Å²) in [5.74, 6) is 0.0400. The number of carbonyl (C=O) groups is 1. The predicted octanol–water partition coefficient (Wildman–Crippen LogP) is 2.99. The Hall–Kier alpha value is -1.51. The fourth-order valence-electron chi connectivity index (χ4n) is 1.76. The first-order valence-electron chi connectivity index (χ1n) is 6.12. The molecule has 0 saturated carbocycles. The lowest BCUT2D eigenvalue weighted by Crippen LogP contribution is -2.21. The summed E-state index contributed by atoms with van der Waals surface area (Å²) < 4.78 is 0. The molecule has 1 aromatic carbocycles. The average molecular weight is 234 g/mol. The van der Waals surface area contributed by atoms with Crippen LogP contribution in [-0.4, -0.2) is 30.9 Å². The quantitative estimate of drug-likeness (QED) is 0.849. The molecule has 1 atom stereocenters. The summed E-state index contributed by atoms with van der Waals surface area (Å²) in [5.41, 5.74) is 1.80. The van der Waals surface area contributed by atoms with E-state index in [1.54, 1.807) is 19.0 Å². The van der Waals surface area contributed by atoms with Gasteiger partial charge in [0.05, 0.1) is 0 Å². The van der Waals surface area contributed by atoms with Gasteiger partial charge in [0.1, 0.15) is 0 Å². The summed E-state index contributed by atoms with van der Waals surface area (Å²) >= 11 is 0. The van der Waals surface area contributed by atoms with E-state index in [1.807, 2.05) is 24.3 Å². The van der Waals surface area contributed by atoms with E-state index in [-0.39, 0.29) is 5.91 Å². The van der Waals surface area contributed by atoms with Crippen molar-refractivity contribution in [1.29, 1.82) is 0 Å². The Bertz CT molecular complexity index is 357. The van der Waals surface area contributed by atoms with Crippen molar-refractivity contribution >= 4 is 11.6 Å². The minimum Gasteiger partial charge on any atom is -0.383 e. The molecule has 1 unspecified atom stereocenters. The molecule has 1 rings (SSSR count). The minimum absolute atomic E-state index is 0.0400. The van der Waals surface area contributed by atoms with Crippen LogP contribution in [0.3, 0.4) is 0 Å². The molecule has 0 aliphatic carbocycles. The molecular formula is C14H22N2O. The van der Waals surface area contributed by atoms with Crippen molar-refractivity contribution in [3.63, 3.8) is 0 Å². The predicted molar refractivity (Wildman–Crippen MR) is 72.5 cm³/mol. The van der Waals surface area contributed by atoms with E-state index >= 15 is 0 Å². The Balaban J connectivity index is 2.65. The van der Waals surface area contributed by atoms with Crippen LogP contribution in [0.4, 0.5) is 5.69 Å². The minimum atomic E-state index is 0.0400. The number of amides is 1. The van der Waals surface area contributed by atoms with Gasteiger partial charge in [-0.25, -0.2) is 0 Å². The van der Waals surface area contributed by atoms with E-state index < -0.39 is 0 Å². The third-order valence-electron chi connectivity index (χ3n) is 2.67. The summed E-state index contributed by atoms with van der Waals surface area (Å²) in [4.78, 5) is 13.3. The van der Waals surface area contributed by atoms with E-state index in [1.165, 1.54) is 6.42 Å². The van der Waals surface area contributed by atoms with Crippen LogP contribution in [0.1, 0.15) is 37.0 Å². The number of rotatable bonds is 5. The van der Waals surface area contributed by atoms with E-state index in [4.69, 9.17) is 0 Å². The van der Waals surface area contributed by atoms with Crippen LogP contribution in [0.5, 0.6) is 0 Å². The summed E-state index contributed by atoms with van der Waals surface area (Å²) in [6, 6.07) is 8.12. The summed E-state index contributed by atoms with van der Waals surface area (Å²) in [6.45, 7) is 4.35. The molecule has 94 valence electrons. The van der Waals surface area contributed by atoms with Crippen molar-refractivity contribution in [2.75, 3.05) is 19.4 Å².